The van der Waals surface area contributed by atoms with E-state index < -0.39 is 24.3 Å². The Kier molecular flexibility index (Phi) is 10.1. The van der Waals surface area contributed by atoms with Crippen molar-refractivity contribution in [3.63, 3.8) is 0 Å². The average Bonchev–Trinajstić information content (AvgIpc) is 3.30. The Balaban J connectivity index is 1.86. The van der Waals surface area contributed by atoms with Crippen LogP contribution in [-0.4, -0.2) is 57.1 Å². The zero-order valence-electron chi connectivity index (χ0n) is 20.8. The number of aryl methyl sites for hydroxylation is 1. The number of benzene rings is 1. The summed E-state index contributed by atoms with van der Waals surface area (Å²) in [4.78, 5) is 49.5. The van der Waals surface area contributed by atoms with Crippen molar-refractivity contribution >= 4 is 50.9 Å². The maximum absolute atomic E-state index is 13.4. The fourth-order valence-corrected chi connectivity index (χ4v) is 4.06. The SMILES string of the molecule is C=CCN(CC=C)C(=O)CONC(=O)c1cc(C#N)cc(C)c1NC(=O)c1cc(Br)nn1-c1ncccc1Cl. The topological polar surface area (TPSA) is 142 Å². The molecule has 1 aromatic carbocycles. The normalized spacial score (nSPS) is 10.3. The number of nitrogens with zero attached hydrogens (tertiary/aromatic N) is 5. The quantitative estimate of drug-likeness (QED) is 0.246. The summed E-state index contributed by atoms with van der Waals surface area (Å²) in [6, 6.07) is 9.50. The standard InChI is InChI=1S/C26H23BrClN7O4/c1-4-9-34(10-5-2)22(36)15-39-33-25(37)18-12-17(14-29)11-16(3)23(18)31-26(38)20-13-21(27)32-35(20)24-19(28)7-6-8-30-24/h4-8,11-13H,1-2,9-10,15H2,3H3,(H,31,38)(H,33,37). The van der Waals surface area contributed by atoms with Crippen LogP contribution in [0, 0.1) is 18.3 Å². The molecule has 2 N–H and O–H groups in total. The van der Waals surface area contributed by atoms with E-state index in [4.69, 9.17) is 16.4 Å². The number of anilines is 1. The molecule has 3 aromatic rings. The van der Waals surface area contributed by atoms with Gasteiger partial charge in [0.05, 0.1) is 27.9 Å². The van der Waals surface area contributed by atoms with Gasteiger partial charge >= 0.3 is 0 Å². The molecule has 2 heterocycles. The Morgan fingerprint density at radius 2 is 1.95 bits per heavy atom. The minimum absolute atomic E-state index is 0.0533. The maximum atomic E-state index is 13.4. The molecule has 2 aromatic heterocycles. The zero-order chi connectivity index (χ0) is 28.5. The summed E-state index contributed by atoms with van der Waals surface area (Å²) in [7, 11) is 0. The van der Waals surface area contributed by atoms with Gasteiger partial charge in [-0.2, -0.15) is 10.4 Å². The molecule has 0 unspecified atom stereocenters. The van der Waals surface area contributed by atoms with E-state index in [0.29, 0.717) is 10.2 Å². The van der Waals surface area contributed by atoms with Gasteiger partial charge in [0.15, 0.2) is 12.4 Å². The van der Waals surface area contributed by atoms with Crippen LogP contribution in [0.5, 0.6) is 0 Å². The Hall–Kier alpha value is -4.31. The number of rotatable bonds is 11. The van der Waals surface area contributed by atoms with Gasteiger partial charge in [-0.05, 0) is 52.7 Å². The molecule has 0 atom stereocenters. The van der Waals surface area contributed by atoms with Gasteiger partial charge < -0.3 is 10.2 Å². The van der Waals surface area contributed by atoms with Gasteiger partial charge in [0.25, 0.3) is 17.7 Å². The number of hydrogen-bond donors (Lipinski definition) is 2. The fraction of sp³-hybridized carbons (Fsp3) is 0.154. The molecule has 0 bridgehead atoms. The van der Waals surface area contributed by atoms with Crippen LogP contribution in [0.2, 0.25) is 5.02 Å². The molecular formula is C26H23BrClN7O4. The van der Waals surface area contributed by atoms with Crippen LogP contribution in [0.3, 0.4) is 0 Å². The fourth-order valence-electron chi connectivity index (χ4n) is 3.48. The number of carbonyl (C=O) groups is 3. The highest BCUT2D eigenvalue weighted by Crippen LogP contribution is 2.26. The van der Waals surface area contributed by atoms with E-state index in [9.17, 15) is 19.6 Å². The Labute approximate surface area is 237 Å². The number of pyridine rings is 1. The van der Waals surface area contributed by atoms with E-state index in [-0.39, 0.29) is 46.4 Å². The van der Waals surface area contributed by atoms with Crippen LogP contribution in [0.1, 0.15) is 32.0 Å². The Morgan fingerprint density at radius 3 is 2.59 bits per heavy atom. The molecule has 0 aliphatic heterocycles. The van der Waals surface area contributed by atoms with Gasteiger partial charge in [-0.1, -0.05) is 23.8 Å². The average molecular weight is 613 g/mol. The number of hydroxylamine groups is 1. The second kappa shape index (κ2) is 13.5. The van der Waals surface area contributed by atoms with E-state index >= 15 is 0 Å². The van der Waals surface area contributed by atoms with E-state index in [2.05, 4.69) is 50.0 Å². The summed E-state index contributed by atoms with van der Waals surface area (Å²) < 4.78 is 1.61. The van der Waals surface area contributed by atoms with Crippen LogP contribution in [0.15, 0.2) is 66.4 Å². The van der Waals surface area contributed by atoms with Crippen molar-refractivity contribution in [3.05, 3.63) is 93.8 Å². The largest absolute Gasteiger partial charge is 0.333 e. The molecular weight excluding hydrogens is 590 g/mol. The minimum atomic E-state index is -0.778. The molecule has 0 saturated carbocycles. The molecule has 11 nitrogen and oxygen atoms in total. The first-order valence-corrected chi connectivity index (χ1v) is 12.5. The number of amides is 3. The van der Waals surface area contributed by atoms with Crippen LogP contribution in [0.4, 0.5) is 5.69 Å². The monoisotopic (exact) mass is 611 g/mol. The molecule has 0 spiro atoms. The van der Waals surface area contributed by atoms with Crippen LogP contribution < -0.4 is 10.8 Å². The minimum Gasteiger partial charge on any atom is -0.333 e. The van der Waals surface area contributed by atoms with Crippen molar-refractivity contribution in [1.29, 1.82) is 5.26 Å². The lowest BCUT2D eigenvalue weighted by molar-refractivity contribution is -0.136. The second-order valence-electron chi connectivity index (χ2n) is 7.95. The third kappa shape index (κ3) is 7.17. The summed E-state index contributed by atoms with van der Waals surface area (Å²) in [5.41, 5.74) is 2.97. The molecule has 0 aliphatic rings. The van der Waals surface area contributed by atoms with E-state index in [0.717, 1.165) is 0 Å². The molecule has 0 aliphatic carbocycles. The predicted octanol–water partition coefficient (Wildman–Crippen LogP) is 3.98. The number of nitrogens with one attached hydrogen (secondary N) is 2. The van der Waals surface area contributed by atoms with Gasteiger partial charge in [0.2, 0.25) is 0 Å². The molecule has 39 heavy (non-hydrogen) atoms. The summed E-state index contributed by atoms with van der Waals surface area (Å²) in [5.74, 6) is -1.58. The summed E-state index contributed by atoms with van der Waals surface area (Å²) in [6.45, 7) is 8.93. The van der Waals surface area contributed by atoms with Crippen molar-refractivity contribution in [2.45, 2.75) is 6.92 Å². The summed E-state index contributed by atoms with van der Waals surface area (Å²) >= 11 is 9.51. The molecule has 0 fully saturated rings. The number of carbonyl (C=O) groups excluding carboxylic acids is 3. The summed E-state index contributed by atoms with van der Waals surface area (Å²) in [5, 5.41) is 16.6. The smallest absolute Gasteiger partial charge is 0.277 e. The molecule has 0 saturated heterocycles. The zero-order valence-corrected chi connectivity index (χ0v) is 23.1. The number of nitriles is 1. The van der Waals surface area contributed by atoms with Gasteiger partial charge in [0, 0.05) is 25.4 Å². The highest BCUT2D eigenvalue weighted by molar-refractivity contribution is 9.10. The van der Waals surface area contributed by atoms with Gasteiger partial charge in [-0.25, -0.2) is 15.1 Å². The highest BCUT2D eigenvalue weighted by Gasteiger charge is 2.23. The van der Waals surface area contributed by atoms with Crippen LogP contribution in [0.25, 0.3) is 5.82 Å². The second-order valence-corrected chi connectivity index (χ2v) is 9.17. The van der Waals surface area contributed by atoms with Gasteiger partial charge in [0.1, 0.15) is 10.3 Å². The predicted molar refractivity (Wildman–Crippen MR) is 148 cm³/mol. The van der Waals surface area contributed by atoms with E-state index in [1.807, 2.05) is 6.07 Å². The van der Waals surface area contributed by atoms with Crippen molar-refractivity contribution < 1.29 is 19.2 Å². The number of aromatic nitrogens is 3. The molecule has 3 amide bonds. The lowest BCUT2D eigenvalue weighted by Gasteiger charge is -2.19. The van der Waals surface area contributed by atoms with Crippen molar-refractivity contribution in [2.75, 3.05) is 25.0 Å². The lowest BCUT2D eigenvalue weighted by Crippen LogP contribution is -2.37. The Morgan fingerprint density at radius 1 is 1.23 bits per heavy atom. The highest BCUT2D eigenvalue weighted by atomic mass is 79.9. The van der Waals surface area contributed by atoms with E-state index in [1.165, 1.54) is 34.0 Å². The molecule has 13 heteroatoms. The molecule has 0 radical (unpaired) electrons. The van der Waals surface area contributed by atoms with Gasteiger partial charge in [-0.3, -0.25) is 19.2 Å². The molecule has 3 rings (SSSR count). The third-order valence-corrected chi connectivity index (χ3v) is 5.89. The first-order chi connectivity index (χ1) is 18.7. The lowest BCUT2D eigenvalue weighted by atomic mass is 10.0. The van der Waals surface area contributed by atoms with E-state index in [1.54, 1.807) is 31.2 Å². The van der Waals surface area contributed by atoms with Crippen LogP contribution >= 0.6 is 27.5 Å². The molecule has 200 valence electrons. The first-order valence-electron chi connectivity index (χ1n) is 11.3. The van der Waals surface area contributed by atoms with Crippen molar-refractivity contribution in [1.82, 2.24) is 25.1 Å². The maximum Gasteiger partial charge on any atom is 0.277 e. The van der Waals surface area contributed by atoms with Gasteiger partial charge in [-0.15, -0.1) is 13.2 Å². The Bertz CT molecular complexity index is 1470. The first kappa shape index (κ1) is 29.2. The summed E-state index contributed by atoms with van der Waals surface area (Å²) in [6.07, 6.45) is 4.61. The third-order valence-electron chi connectivity index (χ3n) is 5.21. The van der Waals surface area contributed by atoms with Crippen molar-refractivity contribution in [2.24, 2.45) is 0 Å². The van der Waals surface area contributed by atoms with Crippen molar-refractivity contribution in [3.8, 4) is 11.9 Å². The van der Waals surface area contributed by atoms with Crippen LogP contribution in [-0.2, 0) is 9.63 Å². The number of halogens is 2. The number of hydrogen-bond acceptors (Lipinski definition) is 7.